The highest BCUT2D eigenvalue weighted by Crippen LogP contribution is 2.28. The summed E-state index contributed by atoms with van der Waals surface area (Å²) in [4.78, 5) is 16.7. The lowest BCUT2D eigenvalue weighted by molar-refractivity contribution is -0.122. The molecule has 4 rings (SSSR count). The van der Waals surface area contributed by atoms with Crippen molar-refractivity contribution in [3.63, 3.8) is 0 Å². The first-order valence-electron chi connectivity index (χ1n) is 9.42. The molecular weight excluding hydrogens is 436 g/mol. The number of thiazole rings is 1. The average molecular weight is 451 g/mol. The molecule has 0 aliphatic heterocycles. The number of halogens is 2. The van der Waals surface area contributed by atoms with Gasteiger partial charge in [0.05, 0.1) is 21.8 Å². The van der Waals surface area contributed by atoms with Crippen LogP contribution in [-0.4, -0.2) is 17.0 Å². The van der Waals surface area contributed by atoms with Gasteiger partial charge in [0.1, 0.15) is 17.3 Å². The first kappa shape index (κ1) is 21.2. The zero-order chi connectivity index (χ0) is 22.7. The lowest BCUT2D eigenvalue weighted by Crippen LogP contribution is -2.30. The molecule has 0 radical (unpaired) electrons. The van der Waals surface area contributed by atoms with Crippen molar-refractivity contribution in [1.29, 1.82) is 5.26 Å². The first-order chi connectivity index (χ1) is 15.4. The van der Waals surface area contributed by atoms with Crippen molar-refractivity contribution in [2.24, 2.45) is 0 Å². The van der Waals surface area contributed by atoms with Gasteiger partial charge in [-0.3, -0.25) is 10.1 Å². The monoisotopic (exact) mass is 451 g/mol. The van der Waals surface area contributed by atoms with E-state index in [0.717, 1.165) is 6.07 Å². The molecule has 4 aromatic rings. The summed E-state index contributed by atoms with van der Waals surface area (Å²) in [6.07, 6.45) is -0.832. The van der Waals surface area contributed by atoms with Gasteiger partial charge in [-0.1, -0.05) is 11.3 Å². The summed E-state index contributed by atoms with van der Waals surface area (Å²) in [5, 5.41) is 11.8. The minimum absolute atomic E-state index is 0.0128. The predicted molar refractivity (Wildman–Crippen MR) is 116 cm³/mol. The standard InChI is InChI=1S/C23H15F2N3O3S/c1-13(22(29)28-23-27-19-8-3-15(24)11-21(19)32-23)30-16-4-6-17(7-5-16)31-20-9-2-14(12-26)10-18(20)25/h2-11,13H,1H3,(H,27,28,29)/t13-/m1/s1. The van der Waals surface area contributed by atoms with Gasteiger partial charge in [-0.2, -0.15) is 5.26 Å². The third-order valence-corrected chi connectivity index (χ3v) is 5.31. The topological polar surface area (TPSA) is 84.2 Å². The number of nitriles is 1. The molecule has 6 nitrogen and oxygen atoms in total. The van der Waals surface area contributed by atoms with E-state index in [1.54, 1.807) is 37.3 Å². The van der Waals surface area contributed by atoms with Gasteiger partial charge in [0.25, 0.3) is 5.91 Å². The van der Waals surface area contributed by atoms with Crippen LogP contribution >= 0.6 is 11.3 Å². The number of hydrogen-bond acceptors (Lipinski definition) is 6. The largest absolute Gasteiger partial charge is 0.481 e. The number of ether oxygens (including phenoxy) is 2. The number of nitrogens with zero attached hydrogens (tertiary/aromatic N) is 2. The van der Waals surface area contributed by atoms with Crippen molar-refractivity contribution in [2.75, 3.05) is 5.32 Å². The van der Waals surface area contributed by atoms with Gasteiger partial charge in [-0.15, -0.1) is 0 Å². The Labute approximate surface area is 185 Å². The summed E-state index contributed by atoms with van der Waals surface area (Å²) in [5.74, 6) is -0.672. The Hall–Kier alpha value is -4.03. The van der Waals surface area contributed by atoms with Gasteiger partial charge < -0.3 is 9.47 Å². The van der Waals surface area contributed by atoms with Crippen LogP contribution in [0.4, 0.5) is 13.9 Å². The van der Waals surface area contributed by atoms with Crippen molar-refractivity contribution in [2.45, 2.75) is 13.0 Å². The molecule has 0 saturated carbocycles. The molecule has 32 heavy (non-hydrogen) atoms. The number of nitrogens with one attached hydrogen (secondary N) is 1. The van der Waals surface area contributed by atoms with Crippen LogP contribution in [0.5, 0.6) is 17.2 Å². The third-order valence-electron chi connectivity index (χ3n) is 4.38. The van der Waals surface area contributed by atoms with E-state index < -0.39 is 17.8 Å². The second-order valence-electron chi connectivity index (χ2n) is 6.71. The molecule has 1 N–H and O–H groups in total. The van der Waals surface area contributed by atoms with Crippen molar-refractivity contribution in [1.82, 2.24) is 4.98 Å². The van der Waals surface area contributed by atoms with Crippen molar-refractivity contribution in [3.05, 3.63) is 77.9 Å². The minimum atomic E-state index is -0.832. The Balaban J connectivity index is 1.37. The molecule has 1 atom stereocenters. The highest BCUT2D eigenvalue weighted by Gasteiger charge is 2.17. The smallest absolute Gasteiger partial charge is 0.266 e. The molecule has 1 aromatic heterocycles. The molecule has 0 aliphatic carbocycles. The SMILES string of the molecule is C[C@@H](Oc1ccc(Oc2ccc(C#N)cc2F)cc1)C(=O)Nc1nc2ccc(F)cc2s1. The molecule has 0 unspecified atom stereocenters. The second kappa shape index (κ2) is 8.99. The maximum absolute atomic E-state index is 14.0. The summed E-state index contributed by atoms with van der Waals surface area (Å²) in [5.41, 5.74) is 0.790. The zero-order valence-corrected chi connectivity index (χ0v) is 17.5. The lowest BCUT2D eigenvalue weighted by Gasteiger charge is -2.14. The highest BCUT2D eigenvalue weighted by atomic mass is 32.1. The Morgan fingerprint density at radius 2 is 1.84 bits per heavy atom. The molecule has 0 fully saturated rings. The van der Waals surface area contributed by atoms with Crippen LogP contribution in [0.15, 0.2) is 60.7 Å². The number of aromatic nitrogens is 1. The number of hydrogen-bond donors (Lipinski definition) is 1. The summed E-state index contributed by atoms with van der Waals surface area (Å²) < 4.78 is 39.0. The Kier molecular flexibility index (Phi) is 5.96. The molecule has 9 heteroatoms. The number of rotatable bonds is 6. The summed E-state index contributed by atoms with van der Waals surface area (Å²) >= 11 is 1.17. The van der Waals surface area contributed by atoms with E-state index in [4.69, 9.17) is 14.7 Å². The van der Waals surface area contributed by atoms with Gasteiger partial charge >= 0.3 is 0 Å². The Bertz CT molecular complexity index is 1330. The van der Waals surface area contributed by atoms with Crippen molar-refractivity contribution in [3.8, 4) is 23.3 Å². The quantitative estimate of drug-likeness (QED) is 0.410. The van der Waals surface area contributed by atoms with E-state index in [2.05, 4.69) is 10.3 Å². The van der Waals surface area contributed by atoms with E-state index in [1.807, 2.05) is 6.07 Å². The van der Waals surface area contributed by atoms with E-state index >= 15 is 0 Å². The fourth-order valence-corrected chi connectivity index (χ4v) is 3.68. The highest BCUT2D eigenvalue weighted by molar-refractivity contribution is 7.22. The van der Waals surface area contributed by atoms with Gasteiger partial charge in [0.2, 0.25) is 0 Å². The molecule has 0 saturated heterocycles. The normalized spacial score (nSPS) is 11.6. The molecule has 1 heterocycles. The summed E-state index contributed by atoms with van der Waals surface area (Å²) in [6.45, 7) is 1.58. The van der Waals surface area contributed by atoms with Crippen LogP contribution in [0.1, 0.15) is 12.5 Å². The molecule has 0 bridgehead atoms. The van der Waals surface area contributed by atoms with E-state index in [1.165, 1.54) is 35.6 Å². The van der Waals surface area contributed by atoms with Crippen molar-refractivity contribution >= 4 is 32.6 Å². The zero-order valence-electron chi connectivity index (χ0n) is 16.6. The van der Waals surface area contributed by atoms with Gasteiger partial charge in [0.15, 0.2) is 22.8 Å². The third kappa shape index (κ3) is 4.82. The van der Waals surface area contributed by atoms with Crippen LogP contribution in [0.3, 0.4) is 0 Å². The molecule has 0 aliphatic rings. The Morgan fingerprint density at radius 1 is 1.09 bits per heavy atom. The molecule has 3 aromatic carbocycles. The van der Waals surface area contributed by atoms with Crippen LogP contribution in [0, 0.1) is 23.0 Å². The molecule has 160 valence electrons. The van der Waals surface area contributed by atoms with E-state index in [-0.39, 0.29) is 17.1 Å². The number of amides is 1. The molecular formula is C23H15F2N3O3S. The van der Waals surface area contributed by atoms with Gasteiger partial charge in [0, 0.05) is 0 Å². The van der Waals surface area contributed by atoms with Crippen molar-refractivity contribution < 1.29 is 23.0 Å². The number of anilines is 1. The van der Waals surface area contributed by atoms with E-state index in [0.29, 0.717) is 26.8 Å². The number of fused-ring (bicyclic) bond motifs is 1. The van der Waals surface area contributed by atoms with Crippen LogP contribution in [0.25, 0.3) is 10.2 Å². The molecule has 1 amide bonds. The fraction of sp³-hybridized carbons (Fsp3) is 0.0870. The second-order valence-corrected chi connectivity index (χ2v) is 7.74. The van der Waals surface area contributed by atoms with E-state index in [9.17, 15) is 13.6 Å². The average Bonchev–Trinajstić information content (AvgIpc) is 3.17. The van der Waals surface area contributed by atoms with Gasteiger partial charge in [-0.05, 0) is 67.6 Å². The summed E-state index contributed by atoms with van der Waals surface area (Å²) in [6, 6.07) is 16.3. The number of carbonyl (C=O) groups excluding carboxylic acids is 1. The summed E-state index contributed by atoms with van der Waals surface area (Å²) in [7, 11) is 0. The van der Waals surface area contributed by atoms with Crippen LogP contribution < -0.4 is 14.8 Å². The lowest BCUT2D eigenvalue weighted by atomic mass is 10.2. The van der Waals surface area contributed by atoms with Crippen LogP contribution in [-0.2, 0) is 4.79 Å². The number of benzene rings is 3. The predicted octanol–water partition coefficient (Wildman–Crippen LogP) is 5.64. The van der Waals surface area contributed by atoms with Gasteiger partial charge in [-0.25, -0.2) is 13.8 Å². The maximum Gasteiger partial charge on any atom is 0.266 e. The Morgan fingerprint density at radius 3 is 2.56 bits per heavy atom. The maximum atomic E-state index is 14.0. The van der Waals surface area contributed by atoms with Crippen LogP contribution in [0.2, 0.25) is 0 Å². The minimum Gasteiger partial charge on any atom is -0.481 e. The fourth-order valence-electron chi connectivity index (χ4n) is 2.78. The number of carbonyl (C=O) groups is 1. The molecule has 0 spiro atoms. The first-order valence-corrected chi connectivity index (χ1v) is 10.2.